The van der Waals surface area contributed by atoms with E-state index in [1.54, 1.807) is 6.07 Å². The third kappa shape index (κ3) is 4.42. The minimum atomic E-state index is -0.348. The first-order chi connectivity index (χ1) is 10.8. The van der Waals surface area contributed by atoms with Gasteiger partial charge in [-0.05, 0) is 57.6 Å². The summed E-state index contributed by atoms with van der Waals surface area (Å²) in [5.74, 6) is -0.348. The predicted octanol–water partition coefficient (Wildman–Crippen LogP) is 4.04. The van der Waals surface area contributed by atoms with Crippen molar-refractivity contribution in [2.75, 3.05) is 5.32 Å². The molecule has 2 N–H and O–H groups in total. The van der Waals surface area contributed by atoms with Crippen molar-refractivity contribution in [3.8, 4) is 0 Å². The van der Waals surface area contributed by atoms with Crippen LogP contribution in [-0.4, -0.2) is 20.9 Å². The zero-order chi connectivity index (χ0) is 17.1. The highest BCUT2D eigenvalue weighted by atomic mass is 35.5. The number of halogens is 2. The monoisotopic (exact) mass is 354 g/mol. The van der Waals surface area contributed by atoms with Crippen molar-refractivity contribution in [3.63, 3.8) is 0 Å². The maximum Gasteiger partial charge on any atom is 0.171 e. The molecule has 0 saturated carbocycles. The summed E-state index contributed by atoms with van der Waals surface area (Å²) >= 11 is 11.4. The Labute approximate surface area is 146 Å². The average Bonchev–Trinajstić information content (AvgIpc) is 2.69. The van der Waals surface area contributed by atoms with Gasteiger partial charge in [0.25, 0.3) is 0 Å². The van der Waals surface area contributed by atoms with E-state index in [4.69, 9.17) is 23.8 Å². The summed E-state index contributed by atoms with van der Waals surface area (Å²) in [6, 6.07) is 4.63. The normalized spacial score (nSPS) is 10.9. The summed E-state index contributed by atoms with van der Waals surface area (Å²) in [5.41, 5.74) is 3.47. The molecule has 4 nitrogen and oxygen atoms in total. The van der Waals surface area contributed by atoms with Crippen LogP contribution in [0.3, 0.4) is 0 Å². The van der Waals surface area contributed by atoms with Crippen molar-refractivity contribution >= 4 is 34.6 Å². The van der Waals surface area contributed by atoms with Crippen molar-refractivity contribution in [1.82, 2.24) is 15.1 Å². The standard InChI is InChI=1S/C16H20ClFN4S/c1-9(2)19-16(23)20-15-10(3)21-22(11(15)4)8-12-5-6-13(18)7-14(12)17/h5-7,9H,8H2,1-4H3,(H2,19,20,23). The molecule has 1 aromatic carbocycles. The van der Waals surface area contributed by atoms with Crippen LogP contribution in [0, 0.1) is 19.7 Å². The molecular weight excluding hydrogens is 335 g/mol. The molecule has 0 saturated heterocycles. The molecule has 23 heavy (non-hydrogen) atoms. The maximum absolute atomic E-state index is 13.1. The number of rotatable bonds is 4. The second kappa shape index (κ2) is 7.27. The number of hydrogen-bond donors (Lipinski definition) is 2. The fourth-order valence-electron chi connectivity index (χ4n) is 2.25. The second-order valence-corrected chi connectivity index (χ2v) is 6.51. The SMILES string of the molecule is Cc1nn(Cc2ccc(F)cc2Cl)c(C)c1NC(=S)NC(C)C. The van der Waals surface area contributed by atoms with E-state index in [0.717, 1.165) is 22.6 Å². The lowest BCUT2D eigenvalue weighted by Gasteiger charge is -2.13. The van der Waals surface area contributed by atoms with Gasteiger partial charge in [0.15, 0.2) is 5.11 Å². The van der Waals surface area contributed by atoms with Crippen LogP contribution in [-0.2, 0) is 6.54 Å². The highest BCUT2D eigenvalue weighted by Gasteiger charge is 2.14. The quantitative estimate of drug-likeness (QED) is 0.813. The number of aryl methyl sites for hydroxylation is 1. The van der Waals surface area contributed by atoms with Gasteiger partial charge >= 0.3 is 0 Å². The van der Waals surface area contributed by atoms with Gasteiger partial charge in [0.2, 0.25) is 0 Å². The van der Waals surface area contributed by atoms with Crippen LogP contribution >= 0.6 is 23.8 Å². The maximum atomic E-state index is 13.1. The van der Waals surface area contributed by atoms with E-state index in [9.17, 15) is 4.39 Å². The highest BCUT2D eigenvalue weighted by molar-refractivity contribution is 7.80. The van der Waals surface area contributed by atoms with E-state index in [2.05, 4.69) is 15.7 Å². The Kier molecular flexibility index (Phi) is 5.59. The fraction of sp³-hybridized carbons (Fsp3) is 0.375. The molecule has 124 valence electrons. The zero-order valence-corrected chi connectivity index (χ0v) is 15.1. The van der Waals surface area contributed by atoms with Crippen molar-refractivity contribution in [1.29, 1.82) is 0 Å². The minimum absolute atomic E-state index is 0.253. The van der Waals surface area contributed by atoms with Gasteiger partial charge in [0, 0.05) is 11.1 Å². The molecule has 0 unspecified atom stereocenters. The van der Waals surface area contributed by atoms with Gasteiger partial charge in [0.05, 0.1) is 23.6 Å². The Morgan fingerprint density at radius 3 is 2.70 bits per heavy atom. The van der Waals surface area contributed by atoms with Crippen molar-refractivity contribution in [2.24, 2.45) is 0 Å². The van der Waals surface area contributed by atoms with Crippen LogP contribution in [0.1, 0.15) is 30.8 Å². The Hall–Kier alpha value is -1.66. The third-order valence-corrected chi connectivity index (χ3v) is 3.95. The number of aromatic nitrogens is 2. The van der Waals surface area contributed by atoms with E-state index >= 15 is 0 Å². The molecule has 0 spiro atoms. The van der Waals surface area contributed by atoms with Gasteiger partial charge in [-0.1, -0.05) is 17.7 Å². The van der Waals surface area contributed by atoms with Gasteiger partial charge in [0.1, 0.15) is 5.82 Å². The Morgan fingerprint density at radius 2 is 2.09 bits per heavy atom. The Balaban J connectivity index is 2.21. The van der Waals surface area contributed by atoms with Gasteiger partial charge in [-0.2, -0.15) is 5.10 Å². The molecular formula is C16H20ClFN4S. The molecule has 2 rings (SSSR count). The van der Waals surface area contributed by atoms with Crippen LogP contribution < -0.4 is 10.6 Å². The molecule has 0 aliphatic heterocycles. The van der Waals surface area contributed by atoms with Crippen LogP contribution in [0.4, 0.5) is 10.1 Å². The van der Waals surface area contributed by atoms with E-state index in [1.165, 1.54) is 12.1 Å². The molecule has 0 aliphatic carbocycles. The van der Waals surface area contributed by atoms with Crippen LogP contribution in [0.2, 0.25) is 5.02 Å². The number of thiocarbonyl (C=S) groups is 1. The first kappa shape index (κ1) is 17.7. The van der Waals surface area contributed by atoms with Gasteiger partial charge in [-0.15, -0.1) is 0 Å². The summed E-state index contributed by atoms with van der Waals surface area (Å²) in [6.07, 6.45) is 0. The van der Waals surface area contributed by atoms with E-state index in [0.29, 0.717) is 16.7 Å². The van der Waals surface area contributed by atoms with Crippen LogP contribution in [0.5, 0.6) is 0 Å². The first-order valence-corrected chi connectivity index (χ1v) is 8.12. The van der Waals surface area contributed by atoms with Gasteiger partial charge in [-0.25, -0.2) is 4.39 Å². The molecule has 0 amide bonds. The van der Waals surface area contributed by atoms with Crippen molar-refractivity contribution in [3.05, 3.63) is 46.0 Å². The average molecular weight is 355 g/mol. The Bertz CT molecular complexity index is 727. The number of benzene rings is 1. The summed E-state index contributed by atoms with van der Waals surface area (Å²) in [5, 5.41) is 11.8. The second-order valence-electron chi connectivity index (χ2n) is 5.69. The number of nitrogens with one attached hydrogen (secondary N) is 2. The molecule has 0 atom stereocenters. The fourth-order valence-corrected chi connectivity index (χ4v) is 2.82. The molecule has 1 aromatic heterocycles. The molecule has 1 heterocycles. The lowest BCUT2D eigenvalue weighted by molar-refractivity contribution is 0.622. The largest absolute Gasteiger partial charge is 0.360 e. The number of nitrogens with zero attached hydrogens (tertiary/aromatic N) is 2. The molecule has 0 fully saturated rings. The smallest absolute Gasteiger partial charge is 0.171 e. The lowest BCUT2D eigenvalue weighted by Crippen LogP contribution is -2.34. The number of anilines is 1. The van der Waals surface area contributed by atoms with Gasteiger partial charge < -0.3 is 10.6 Å². The molecule has 2 aromatic rings. The lowest BCUT2D eigenvalue weighted by atomic mass is 10.2. The summed E-state index contributed by atoms with van der Waals surface area (Å²) in [6.45, 7) is 8.38. The predicted molar refractivity (Wildman–Crippen MR) is 96.7 cm³/mol. The topological polar surface area (TPSA) is 41.9 Å². The van der Waals surface area contributed by atoms with Crippen LogP contribution in [0.15, 0.2) is 18.2 Å². The zero-order valence-electron chi connectivity index (χ0n) is 13.6. The Morgan fingerprint density at radius 1 is 1.39 bits per heavy atom. The minimum Gasteiger partial charge on any atom is -0.360 e. The van der Waals surface area contributed by atoms with Crippen molar-refractivity contribution in [2.45, 2.75) is 40.3 Å². The highest BCUT2D eigenvalue weighted by Crippen LogP contribution is 2.23. The molecule has 0 aliphatic rings. The van der Waals surface area contributed by atoms with E-state index in [-0.39, 0.29) is 11.9 Å². The molecule has 7 heteroatoms. The first-order valence-electron chi connectivity index (χ1n) is 7.33. The summed E-state index contributed by atoms with van der Waals surface area (Å²) in [4.78, 5) is 0. The van der Waals surface area contributed by atoms with Crippen LogP contribution in [0.25, 0.3) is 0 Å². The van der Waals surface area contributed by atoms with Gasteiger partial charge in [-0.3, -0.25) is 4.68 Å². The molecule has 0 radical (unpaired) electrons. The summed E-state index contributed by atoms with van der Waals surface area (Å²) in [7, 11) is 0. The van der Waals surface area contributed by atoms with E-state index < -0.39 is 0 Å². The van der Waals surface area contributed by atoms with Crippen molar-refractivity contribution < 1.29 is 4.39 Å². The third-order valence-electron chi connectivity index (χ3n) is 3.38. The molecule has 0 bridgehead atoms. The summed E-state index contributed by atoms with van der Waals surface area (Å²) < 4.78 is 15.0. The van der Waals surface area contributed by atoms with E-state index in [1.807, 2.05) is 32.4 Å². The number of hydrogen-bond acceptors (Lipinski definition) is 2.